The number of halogens is 2. The van der Waals surface area contributed by atoms with Crippen LogP contribution in [0.25, 0.3) is 11.1 Å². The normalized spacial score (nSPS) is 10.7. The molecule has 0 aliphatic heterocycles. The van der Waals surface area contributed by atoms with Gasteiger partial charge in [0, 0.05) is 27.5 Å². The van der Waals surface area contributed by atoms with Crippen LogP contribution < -0.4 is 5.32 Å². The van der Waals surface area contributed by atoms with Crippen molar-refractivity contribution < 1.29 is 9.90 Å². The summed E-state index contributed by atoms with van der Waals surface area (Å²) in [6.07, 6.45) is 1.57. The number of nitrogens with one attached hydrogen (secondary N) is 1. The van der Waals surface area contributed by atoms with Crippen LogP contribution in [0.3, 0.4) is 0 Å². The summed E-state index contributed by atoms with van der Waals surface area (Å²) in [7, 11) is 0. The van der Waals surface area contributed by atoms with Crippen molar-refractivity contribution in [2.45, 2.75) is 20.5 Å². The number of carbonyl (C=O) groups excluding carboxylic acids is 1. The van der Waals surface area contributed by atoms with E-state index in [1.54, 1.807) is 36.5 Å². The summed E-state index contributed by atoms with van der Waals surface area (Å²) >= 11 is 12.3. The molecule has 0 radical (unpaired) electrons. The lowest BCUT2D eigenvalue weighted by Crippen LogP contribution is -2.15. The summed E-state index contributed by atoms with van der Waals surface area (Å²) in [5.74, 6) is -0.321. The molecule has 0 bridgehead atoms. The number of aliphatic hydroxyl groups is 1. The van der Waals surface area contributed by atoms with Gasteiger partial charge in [-0.1, -0.05) is 35.3 Å². The molecular formula is C21H18Cl2N2O2. The molecule has 3 rings (SSSR count). The van der Waals surface area contributed by atoms with E-state index in [1.165, 1.54) is 0 Å². The lowest BCUT2D eigenvalue weighted by atomic mass is 10.0. The molecule has 0 saturated heterocycles. The highest BCUT2D eigenvalue weighted by atomic mass is 35.5. The monoisotopic (exact) mass is 400 g/mol. The van der Waals surface area contributed by atoms with E-state index < -0.39 is 0 Å². The molecule has 2 aromatic carbocycles. The summed E-state index contributed by atoms with van der Waals surface area (Å²) in [5, 5.41) is 13.3. The molecule has 27 heavy (non-hydrogen) atoms. The van der Waals surface area contributed by atoms with Crippen molar-refractivity contribution >= 4 is 34.8 Å². The highest BCUT2D eigenvalue weighted by Crippen LogP contribution is 2.31. The third kappa shape index (κ3) is 4.30. The van der Waals surface area contributed by atoms with Gasteiger partial charge >= 0.3 is 0 Å². The molecule has 0 aliphatic carbocycles. The molecule has 6 heteroatoms. The number of aryl methyl sites for hydroxylation is 2. The van der Waals surface area contributed by atoms with E-state index in [1.807, 2.05) is 26.0 Å². The van der Waals surface area contributed by atoms with Crippen molar-refractivity contribution in [2.24, 2.45) is 0 Å². The highest BCUT2D eigenvalue weighted by molar-refractivity contribution is 6.35. The number of aliphatic hydroxyl groups excluding tert-OH is 1. The van der Waals surface area contributed by atoms with Gasteiger partial charge in [0.15, 0.2) is 0 Å². The SMILES string of the molecule is Cc1cc(CO)cc(C)c1NC(=O)c1cc(-c2cc(Cl)ccc2Cl)ccn1. The lowest BCUT2D eigenvalue weighted by Gasteiger charge is -2.13. The van der Waals surface area contributed by atoms with Crippen LogP contribution in [-0.4, -0.2) is 16.0 Å². The zero-order valence-corrected chi connectivity index (χ0v) is 16.4. The maximum atomic E-state index is 12.7. The Hall–Kier alpha value is -2.40. The van der Waals surface area contributed by atoms with Crippen molar-refractivity contribution in [3.05, 3.63) is 81.1 Å². The predicted octanol–water partition coefficient (Wildman–Crippen LogP) is 5.42. The van der Waals surface area contributed by atoms with Crippen molar-refractivity contribution in [1.29, 1.82) is 0 Å². The molecule has 1 amide bonds. The first-order chi connectivity index (χ1) is 12.9. The zero-order chi connectivity index (χ0) is 19.6. The van der Waals surface area contributed by atoms with Gasteiger partial charge in [0.2, 0.25) is 0 Å². The van der Waals surface area contributed by atoms with Crippen molar-refractivity contribution in [3.63, 3.8) is 0 Å². The minimum absolute atomic E-state index is 0.0418. The van der Waals surface area contributed by atoms with Gasteiger partial charge in [-0.05, 0) is 66.4 Å². The number of amides is 1. The molecule has 0 unspecified atom stereocenters. The molecule has 1 aromatic heterocycles. The Balaban J connectivity index is 1.92. The summed E-state index contributed by atoms with van der Waals surface area (Å²) in [6.45, 7) is 3.73. The maximum absolute atomic E-state index is 12.7. The number of anilines is 1. The van der Waals surface area contributed by atoms with Crippen molar-refractivity contribution in [3.8, 4) is 11.1 Å². The Labute approximate surface area is 167 Å². The Bertz CT molecular complexity index is 996. The molecular weight excluding hydrogens is 383 g/mol. The molecule has 1 heterocycles. The quantitative estimate of drug-likeness (QED) is 0.614. The van der Waals surface area contributed by atoms with Gasteiger partial charge in [0.25, 0.3) is 5.91 Å². The number of hydrogen-bond donors (Lipinski definition) is 2. The Kier molecular flexibility index (Phi) is 5.80. The third-order valence-corrected chi connectivity index (χ3v) is 4.81. The highest BCUT2D eigenvalue weighted by Gasteiger charge is 2.14. The van der Waals surface area contributed by atoms with Gasteiger partial charge in [0.1, 0.15) is 5.69 Å². The number of hydrogen-bond acceptors (Lipinski definition) is 3. The van der Waals surface area contributed by atoms with Crippen molar-refractivity contribution in [1.82, 2.24) is 4.98 Å². The fourth-order valence-electron chi connectivity index (χ4n) is 2.96. The van der Waals surface area contributed by atoms with Crippen molar-refractivity contribution in [2.75, 3.05) is 5.32 Å². The first kappa shape index (κ1) is 19.4. The van der Waals surface area contributed by atoms with Gasteiger partial charge in [0.05, 0.1) is 6.61 Å². The number of rotatable bonds is 4. The summed E-state index contributed by atoms with van der Waals surface area (Å²) in [4.78, 5) is 16.9. The minimum atomic E-state index is -0.321. The van der Waals surface area contributed by atoms with Gasteiger partial charge in [-0.25, -0.2) is 0 Å². The fraction of sp³-hybridized carbons (Fsp3) is 0.143. The van der Waals surface area contributed by atoms with Crippen LogP contribution in [0.1, 0.15) is 27.2 Å². The third-order valence-electron chi connectivity index (χ3n) is 4.25. The number of carbonyl (C=O) groups is 1. The van der Waals surface area contributed by atoms with E-state index >= 15 is 0 Å². The second kappa shape index (κ2) is 8.09. The van der Waals surface area contributed by atoms with Gasteiger partial charge in [-0.2, -0.15) is 0 Å². The van der Waals surface area contributed by atoms with E-state index in [2.05, 4.69) is 10.3 Å². The van der Waals surface area contributed by atoms with Crippen LogP contribution in [0.2, 0.25) is 10.0 Å². The zero-order valence-electron chi connectivity index (χ0n) is 14.9. The molecule has 0 aliphatic rings. The minimum Gasteiger partial charge on any atom is -0.392 e. The summed E-state index contributed by atoms with van der Waals surface area (Å²) in [6, 6.07) is 12.3. The summed E-state index contributed by atoms with van der Waals surface area (Å²) < 4.78 is 0. The molecule has 138 valence electrons. The Morgan fingerprint density at radius 3 is 2.44 bits per heavy atom. The first-order valence-corrected chi connectivity index (χ1v) is 9.08. The van der Waals surface area contributed by atoms with Crippen LogP contribution in [-0.2, 0) is 6.61 Å². The molecule has 0 spiro atoms. The first-order valence-electron chi connectivity index (χ1n) is 8.33. The molecule has 0 atom stereocenters. The van der Waals surface area contributed by atoms with Gasteiger partial charge < -0.3 is 10.4 Å². The standard InChI is InChI=1S/C21H18Cl2N2O2/c1-12-7-14(11-26)8-13(2)20(12)25-21(27)19-9-15(5-6-24-19)17-10-16(22)3-4-18(17)23/h3-10,26H,11H2,1-2H3,(H,25,27). The smallest absolute Gasteiger partial charge is 0.274 e. The second-order valence-electron chi connectivity index (χ2n) is 6.27. The van der Waals surface area contributed by atoms with E-state index in [0.29, 0.717) is 15.7 Å². The molecule has 2 N–H and O–H groups in total. The van der Waals surface area contributed by atoms with E-state index in [-0.39, 0.29) is 18.2 Å². The molecule has 0 saturated carbocycles. The fourth-order valence-corrected chi connectivity index (χ4v) is 3.36. The molecule has 4 nitrogen and oxygen atoms in total. The van der Waals surface area contributed by atoms with Crippen LogP contribution in [0.5, 0.6) is 0 Å². The summed E-state index contributed by atoms with van der Waals surface area (Å²) in [5.41, 5.74) is 5.03. The van der Waals surface area contributed by atoms with Crippen LogP contribution in [0.4, 0.5) is 5.69 Å². The van der Waals surface area contributed by atoms with Gasteiger partial charge in [-0.15, -0.1) is 0 Å². The second-order valence-corrected chi connectivity index (χ2v) is 7.11. The predicted molar refractivity (Wildman–Crippen MR) is 109 cm³/mol. The average molecular weight is 401 g/mol. The van der Waals surface area contributed by atoms with E-state index in [4.69, 9.17) is 23.2 Å². The average Bonchev–Trinajstić information content (AvgIpc) is 2.66. The Morgan fingerprint density at radius 1 is 1.07 bits per heavy atom. The molecule has 3 aromatic rings. The number of benzene rings is 2. The largest absolute Gasteiger partial charge is 0.392 e. The number of aromatic nitrogens is 1. The van der Waals surface area contributed by atoms with Crippen LogP contribution in [0, 0.1) is 13.8 Å². The number of pyridine rings is 1. The molecule has 0 fully saturated rings. The van der Waals surface area contributed by atoms with E-state index in [0.717, 1.165) is 27.8 Å². The van der Waals surface area contributed by atoms with Crippen LogP contribution >= 0.6 is 23.2 Å². The number of nitrogens with zero attached hydrogens (tertiary/aromatic N) is 1. The van der Waals surface area contributed by atoms with Crippen LogP contribution in [0.15, 0.2) is 48.7 Å². The maximum Gasteiger partial charge on any atom is 0.274 e. The lowest BCUT2D eigenvalue weighted by molar-refractivity contribution is 0.102. The topological polar surface area (TPSA) is 62.2 Å². The van der Waals surface area contributed by atoms with Gasteiger partial charge in [-0.3, -0.25) is 9.78 Å². The Morgan fingerprint density at radius 2 is 1.78 bits per heavy atom. The van der Waals surface area contributed by atoms with E-state index in [9.17, 15) is 9.90 Å².